The van der Waals surface area contributed by atoms with Crippen molar-refractivity contribution in [3.63, 3.8) is 0 Å². The molecule has 0 saturated heterocycles. The first-order valence-corrected chi connectivity index (χ1v) is 6.49. The van der Waals surface area contributed by atoms with Gasteiger partial charge in [0, 0.05) is 6.42 Å². The van der Waals surface area contributed by atoms with E-state index >= 15 is 0 Å². The fourth-order valence-corrected chi connectivity index (χ4v) is 1.76. The molecule has 0 atom stereocenters. The zero-order chi connectivity index (χ0) is 11.4. The number of carboxylic acids is 1. The molecule has 0 heterocycles. The van der Waals surface area contributed by atoms with Crippen molar-refractivity contribution in [3.05, 3.63) is 0 Å². The van der Waals surface area contributed by atoms with E-state index in [9.17, 15) is 4.79 Å². The Morgan fingerprint density at radius 3 is 1.56 bits per heavy atom. The van der Waals surface area contributed by atoms with Gasteiger partial charge in [-0.15, -0.1) is 0 Å². The van der Waals surface area contributed by atoms with Gasteiger partial charge in [-0.25, -0.2) is 0 Å². The molecule has 0 aromatic heterocycles. The van der Waals surface area contributed by atoms with E-state index in [1.807, 2.05) is 0 Å². The molecule has 0 aliphatic heterocycles. The van der Waals surface area contributed by atoms with Crippen LogP contribution in [-0.2, 0) is 4.79 Å². The Morgan fingerprint density at radius 2 is 1.19 bits per heavy atom. The molecule has 2 nitrogen and oxygen atoms in total. The van der Waals surface area contributed by atoms with Gasteiger partial charge in [0.25, 0.3) is 0 Å². The maximum atomic E-state index is 10.2. The van der Waals surface area contributed by atoms with Gasteiger partial charge in [-0.1, -0.05) is 64.7 Å². The van der Waals surface area contributed by atoms with Crippen molar-refractivity contribution in [2.24, 2.45) is 0 Å². The van der Waals surface area contributed by atoms with Crippen molar-refractivity contribution < 1.29 is 9.90 Å². The number of carboxylic acid groups (broad SMARTS) is 1. The molecule has 0 aliphatic carbocycles. The second-order valence-electron chi connectivity index (χ2n) is 4.33. The fraction of sp³-hybridized carbons (Fsp3) is 0.923. The second-order valence-corrected chi connectivity index (χ2v) is 4.33. The zero-order valence-electron chi connectivity index (χ0n) is 10.1. The van der Waals surface area contributed by atoms with Gasteiger partial charge >= 0.3 is 57.4 Å². The number of rotatable bonds is 11. The summed E-state index contributed by atoms with van der Waals surface area (Å²) in [6.45, 7) is 2.24. The van der Waals surface area contributed by atoms with Gasteiger partial charge in [0.15, 0.2) is 0 Å². The van der Waals surface area contributed by atoms with Crippen LogP contribution in [0.1, 0.15) is 77.6 Å². The molecule has 0 unspecified atom stereocenters. The summed E-state index contributed by atoms with van der Waals surface area (Å²) in [6.07, 6.45) is 12.9. The Kier molecular flexibility index (Phi) is 19.6. The second kappa shape index (κ2) is 16.1. The van der Waals surface area contributed by atoms with Crippen LogP contribution >= 0.6 is 0 Å². The SMILES string of the molecule is CCCCCCCCCCCCC(=O)O.[KH]. The normalized spacial score (nSPS) is 9.81. The Morgan fingerprint density at radius 1 is 0.812 bits per heavy atom. The molecule has 92 valence electrons. The Labute approximate surface area is 143 Å². The molecule has 16 heavy (non-hydrogen) atoms. The van der Waals surface area contributed by atoms with Crippen LogP contribution in [-0.4, -0.2) is 62.5 Å². The van der Waals surface area contributed by atoms with E-state index in [1.165, 1.54) is 51.4 Å². The minimum absolute atomic E-state index is 0. The number of carbonyl (C=O) groups is 1. The molecule has 0 saturated carbocycles. The quantitative estimate of drug-likeness (QED) is 0.450. The molecular formula is C13H27KO2. The predicted molar refractivity (Wildman–Crippen MR) is 71.2 cm³/mol. The molecule has 0 fully saturated rings. The van der Waals surface area contributed by atoms with Crippen LogP contribution < -0.4 is 0 Å². The monoisotopic (exact) mass is 254 g/mol. The fourth-order valence-electron chi connectivity index (χ4n) is 1.76. The van der Waals surface area contributed by atoms with E-state index < -0.39 is 5.97 Å². The summed E-state index contributed by atoms with van der Waals surface area (Å²) in [7, 11) is 0. The van der Waals surface area contributed by atoms with Gasteiger partial charge in [0.2, 0.25) is 0 Å². The van der Waals surface area contributed by atoms with Crippen molar-refractivity contribution >= 4 is 57.4 Å². The van der Waals surface area contributed by atoms with E-state index in [-0.39, 0.29) is 51.4 Å². The first-order valence-electron chi connectivity index (χ1n) is 6.49. The average Bonchev–Trinajstić information content (AvgIpc) is 2.20. The number of hydrogen-bond acceptors (Lipinski definition) is 1. The summed E-state index contributed by atoms with van der Waals surface area (Å²) in [5.74, 6) is -0.658. The van der Waals surface area contributed by atoms with E-state index in [1.54, 1.807) is 0 Å². The first kappa shape index (κ1) is 19.4. The molecule has 0 rings (SSSR count). The summed E-state index contributed by atoms with van der Waals surface area (Å²) in [4.78, 5) is 10.2. The zero-order valence-corrected chi connectivity index (χ0v) is 10.1. The molecule has 0 spiro atoms. The number of hydrogen-bond donors (Lipinski definition) is 1. The standard InChI is InChI=1S/C13H26O2.K.H/c1-2-3-4-5-6-7-8-9-10-11-12-13(14)15;;/h2-12H2,1H3,(H,14,15);;. The molecule has 0 amide bonds. The molecule has 0 aromatic rings. The molecular weight excluding hydrogens is 227 g/mol. The summed E-state index contributed by atoms with van der Waals surface area (Å²) >= 11 is 0. The van der Waals surface area contributed by atoms with Crippen molar-refractivity contribution in [1.82, 2.24) is 0 Å². The topological polar surface area (TPSA) is 37.3 Å². The van der Waals surface area contributed by atoms with Crippen molar-refractivity contribution in [3.8, 4) is 0 Å². The van der Waals surface area contributed by atoms with Crippen LogP contribution in [0.2, 0.25) is 0 Å². The summed E-state index contributed by atoms with van der Waals surface area (Å²) in [6, 6.07) is 0. The summed E-state index contributed by atoms with van der Waals surface area (Å²) in [5, 5.41) is 8.44. The Hall–Kier alpha value is 1.11. The maximum absolute atomic E-state index is 10.2. The van der Waals surface area contributed by atoms with Crippen LogP contribution in [0.15, 0.2) is 0 Å². The van der Waals surface area contributed by atoms with Crippen LogP contribution in [0.4, 0.5) is 0 Å². The summed E-state index contributed by atoms with van der Waals surface area (Å²) in [5.41, 5.74) is 0. The predicted octanol–water partition coefficient (Wildman–Crippen LogP) is 3.73. The van der Waals surface area contributed by atoms with Gasteiger partial charge in [-0.05, 0) is 6.42 Å². The van der Waals surface area contributed by atoms with Crippen molar-refractivity contribution in [1.29, 1.82) is 0 Å². The van der Waals surface area contributed by atoms with Crippen LogP contribution in [0.5, 0.6) is 0 Å². The molecule has 0 aliphatic rings. The molecule has 0 aromatic carbocycles. The van der Waals surface area contributed by atoms with Gasteiger partial charge in [0.1, 0.15) is 0 Å². The molecule has 3 heteroatoms. The van der Waals surface area contributed by atoms with Crippen LogP contribution in [0, 0.1) is 0 Å². The van der Waals surface area contributed by atoms with Gasteiger partial charge < -0.3 is 5.11 Å². The van der Waals surface area contributed by atoms with Gasteiger partial charge in [0.05, 0.1) is 0 Å². The van der Waals surface area contributed by atoms with Crippen molar-refractivity contribution in [2.45, 2.75) is 77.6 Å². The third-order valence-corrected chi connectivity index (χ3v) is 2.74. The van der Waals surface area contributed by atoms with E-state index in [4.69, 9.17) is 5.11 Å². The number of aliphatic carboxylic acids is 1. The van der Waals surface area contributed by atoms with E-state index in [0.29, 0.717) is 6.42 Å². The third-order valence-electron chi connectivity index (χ3n) is 2.74. The molecule has 0 bridgehead atoms. The average molecular weight is 254 g/mol. The Bertz CT molecular complexity index is 149. The molecule has 1 N–H and O–H groups in total. The summed E-state index contributed by atoms with van der Waals surface area (Å²) < 4.78 is 0. The Balaban J connectivity index is 0. The minimum atomic E-state index is -0.658. The van der Waals surface area contributed by atoms with Crippen LogP contribution in [0.25, 0.3) is 0 Å². The van der Waals surface area contributed by atoms with E-state index in [0.717, 1.165) is 12.8 Å². The van der Waals surface area contributed by atoms with E-state index in [2.05, 4.69) is 6.92 Å². The molecule has 0 radical (unpaired) electrons. The van der Waals surface area contributed by atoms with Gasteiger partial charge in [-0.3, -0.25) is 4.79 Å². The van der Waals surface area contributed by atoms with Gasteiger partial charge in [-0.2, -0.15) is 0 Å². The number of unbranched alkanes of at least 4 members (excludes halogenated alkanes) is 9. The van der Waals surface area contributed by atoms with Crippen LogP contribution in [0.3, 0.4) is 0 Å². The third kappa shape index (κ3) is 17.5. The first-order chi connectivity index (χ1) is 7.27. The van der Waals surface area contributed by atoms with Crippen molar-refractivity contribution in [2.75, 3.05) is 0 Å².